The number of urea groups is 1. The number of amides is 2. The molecule has 1 aromatic rings. The molecule has 144 valence electrons. The quantitative estimate of drug-likeness (QED) is 0.421. The number of carbonyl (C=O) groups excluding carboxylic acids is 1. The number of piperazine rings is 1. The van der Waals surface area contributed by atoms with Gasteiger partial charge >= 0.3 is 43.8 Å². The van der Waals surface area contributed by atoms with Gasteiger partial charge in [0.1, 0.15) is 0 Å². The molecule has 6 nitrogen and oxygen atoms in total. The van der Waals surface area contributed by atoms with E-state index >= 15 is 0 Å². The maximum absolute atomic E-state index is 12.1. The Bertz CT molecular complexity index is 635. The Morgan fingerprint density at radius 2 is 1.89 bits per heavy atom. The smallest absolute Gasteiger partial charge is 1.00 e. The second kappa shape index (κ2) is 11.7. The number of hydrazone groups is 1. The number of rotatable bonds is 6. The molecular weight excluding hydrogens is 366 g/mol. The van der Waals surface area contributed by atoms with Crippen molar-refractivity contribution >= 4 is 55.7 Å². The molecule has 2 aliphatic heterocycles. The molecule has 2 heterocycles. The Labute approximate surface area is 195 Å². The first kappa shape index (κ1) is 24.0. The number of hydrogen-bond acceptors (Lipinski definition) is 4. The van der Waals surface area contributed by atoms with E-state index in [-0.39, 0.29) is 52.6 Å². The molecule has 0 aromatic heterocycles. The summed E-state index contributed by atoms with van der Waals surface area (Å²) in [6, 6.07) is 11.4. The first-order valence-corrected chi connectivity index (χ1v) is 8.87. The van der Waals surface area contributed by atoms with Crippen molar-refractivity contribution < 1.29 is 6.22 Å². The Morgan fingerprint density at radius 3 is 2.56 bits per heavy atom. The van der Waals surface area contributed by atoms with E-state index in [0.717, 1.165) is 45.6 Å². The van der Waals surface area contributed by atoms with E-state index in [1.54, 1.807) is 13.3 Å². The molecule has 27 heavy (non-hydrogen) atoms. The molecule has 0 saturated carbocycles. The molecule has 0 aliphatic carbocycles. The van der Waals surface area contributed by atoms with Crippen LogP contribution in [0.2, 0.25) is 0 Å². The van der Waals surface area contributed by atoms with E-state index in [0.29, 0.717) is 12.2 Å². The van der Waals surface area contributed by atoms with Gasteiger partial charge < -0.3 is 13.8 Å². The standard InChI is InChI=1S/C19H26N5O.CH3.Ca.H/c1-17-16-20-24(19(25)21(17)2)11-7-6-10-22-12-14-23(15-13-22)18-8-4-3-5-9-18;;;/h3-5,8,16H,1,6-7,10-15H2,2H3;1H3;;/q2*-1;+2;-1. The van der Waals surface area contributed by atoms with Crippen LogP contribution in [0.5, 0.6) is 0 Å². The normalized spacial score (nSPS) is 17.6. The van der Waals surface area contributed by atoms with Gasteiger partial charge in [0.2, 0.25) is 0 Å². The summed E-state index contributed by atoms with van der Waals surface area (Å²) in [4.78, 5) is 18.5. The molecule has 7 heteroatoms. The summed E-state index contributed by atoms with van der Waals surface area (Å²) < 4.78 is 0. The van der Waals surface area contributed by atoms with Crippen LogP contribution in [-0.2, 0) is 0 Å². The van der Waals surface area contributed by atoms with Crippen LogP contribution in [0.25, 0.3) is 0 Å². The molecule has 0 radical (unpaired) electrons. The maximum atomic E-state index is 12.1. The van der Waals surface area contributed by atoms with Gasteiger partial charge in [-0.15, -0.1) is 6.07 Å². The molecule has 0 bridgehead atoms. The van der Waals surface area contributed by atoms with Crippen LogP contribution in [0, 0.1) is 13.5 Å². The fourth-order valence-corrected chi connectivity index (χ4v) is 3.11. The van der Waals surface area contributed by atoms with Crippen LogP contribution in [0.4, 0.5) is 10.5 Å². The van der Waals surface area contributed by atoms with Crippen molar-refractivity contribution in [2.45, 2.75) is 12.8 Å². The summed E-state index contributed by atoms with van der Waals surface area (Å²) in [5.74, 6) is 0. The molecule has 3 rings (SSSR count). The number of unbranched alkanes of at least 4 members (excludes halogenated alkanes) is 1. The largest absolute Gasteiger partial charge is 2.00 e. The van der Waals surface area contributed by atoms with Crippen LogP contribution >= 0.6 is 0 Å². The second-order valence-corrected chi connectivity index (χ2v) is 6.48. The zero-order chi connectivity index (χ0) is 17.6. The van der Waals surface area contributed by atoms with Crippen molar-refractivity contribution in [3.8, 4) is 0 Å². The van der Waals surface area contributed by atoms with Crippen LogP contribution in [0.15, 0.2) is 41.6 Å². The maximum Gasteiger partial charge on any atom is 2.00 e. The van der Waals surface area contributed by atoms with E-state index in [4.69, 9.17) is 0 Å². The summed E-state index contributed by atoms with van der Waals surface area (Å²) in [7, 11) is 1.73. The van der Waals surface area contributed by atoms with Crippen LogP contribution in [0.1, 0.15) is 14.3 Å². The monoisotopic (exact) mass is 396 g/mol. The summed E-state index contributed by atoms with van der Waals surface area (Å²) in [5.41, 5.74) is 1.82. The minimum atomic E-state index is -0.0970. The summed E-state index contributed by atoms with van der Waals surface area (Å²) in [5, 5.41) is 5.69. The van der Waals surface area contributed by atoms with Gasteiger partial charge in [0.15, 0.2) is 0 Å². The summed E-state index contributed by atoms with van der Waals surface area (Å²) >= 11 is 0. The van der Waals surface area contributed by atoms with Gasteiger partial charge in [-0.25, -0.2) is 9.80 Å². The predicted molar refractivity (Wildman–Crippen MR) is 114 cm³/mol. The number of nitrogens with zero attached hydrogens (tertiary/aromatic N) is 5. The van der Waals surface area contributed by atoms with Crippen molar-refractivity contribution in [2.75, 3.05) is 51.2 Å². The van der Waals surface area contributed by atoms with Crippen molar-refractivity contribution in [1.29, 1.82) is 0 Å². The van der Waals surface area contributed by atoms with Crippen LogP contribution in [-0.4, -0.2) is 111 Å². The molecule has 1 fully saturated rings. The van der Waals surface area contributed by atoms with E-state index in [9.17, 15) is 4.79 Å². The van der Waals surface area contributed by atoms with Crippen LogP contribution < -0.4 is 4.90 Å². The SMILES string of the molecule is C=C1C=NN(CCCCN2CCN(c3[c-]cccc3)CC2)C(=O)N1C.[CH3-].[Ca+2].[H-]. The van der Waals surface area contributed by atoms with Crippen molar-refractivity contribution in [3.63, 3.8) is 0 Å². The average Bonchev–Trinajstić information content (AvgIpc) is 2.66. The number of para-hydroxylation sites is 1. The average molecular weight is 397 g/mol. The third-order valence-electron chi connectivity index (χ3n) is 4.78. The molecule has 0 N–H and O–H groups in total. The van der Waals surface area contributed by atoms with Crippen molar-refractivity contribution in [2.24, 2.45) is 5.10 Å². The molecular formula is C20H30CaN5O-. The minimum absolute atomic E-state index is 0. The molecule has 0 spiro atoms. The van der Waals surface area contributed by atoms with Crippen LogP contribution in [0.3, 0.4) is 0 Å². The van der Waals surface area contributed by atoms with E-state index in [2.05, 4.69) is 39.7 Å². The first-order chi connectivity index (χ1) is 12.1. The number of benzene rings is 1. The van der Waals surface area contributed by atoms with Gasteiger partial charge in [-0.1, -0.05) is 12.3 Å². The fourth-order valence-electron chi connectivity index (χ4n) is 3.11. The Kier molecular flexibility index (Phi) is 10.4. The number of allylic oxidation sites excluding steroid dienone is 1. The van der Waals surface area contributed by atoms with Crippen molar-refractivity contribution in [3.05, 3.63) is 50.0 Å². The second-order valence-electron chi connectivity index (χ2n) is 6.48. The van der Waals surface area contributed by atoms with Crippen molar-refractivity contribution in [1.82, 2.24) is 14.8 Å². The molecule has 1 saturated heterocycles. The minimum Gasteiger partial charge on any atom is -1.00 e. The van der Waals surface area contributed by atoms with E-state index < -0.39 is 0 Å². The molecule has 2 aliphatic rings. The van der Waals surface area contributed by atoms with E-state index in [1.165, 1.54) is 15.6 Å². The van der Waals surface area contributed by atoms with Gasteiger partial charge in [-0.3, -0.25) is 9.80 Å². The Hall–Kier alpha value is -1.08. The third-order valence-corrected chi connectivity index (χ3v) is 4.78. The zero-order valence-corrected chi connectivity index (χ0v) is 18.8. The van der Waals surface area contributed by atoms with Gasteiger partial charge in [0.25, 0.3) is 0 Å². The topological polar surface area (TPSA) is 42.4 Å². The molecule has 2 amide bonds. The predicted octanol–water partition coefficient (Wildman–Crippen LogP) is 2.44. The molecule has 1 aromatic carbocycles. The summed E-state index contributed by atoms with van der Waals surface area (Å²) in [6.07, 6.45) is 3.67. The van der Waals surface area contributed by atoms with Gasteiger partial charge in [0, 0.05) is 39.8 Å². The number of anilines is 1. The number of hydrogen-bond donors (Lipinski definition) is 0. The third kappa shape index (κ3) is 6.49. The molecule has 0 atom stereocenters. The Balaban J connectivity index is 0.00000243. The zero-order valence-electron chi connectivity index (χ0n) is 17.6. The number of carbonyl (C=O) groups is 1. The first-order valence-electron chi connectivity index (χ1n) is 8.87. The van der Waals surface area contributed by atoms with E-state index in [1.807, 2.05) is 12.1 Å². The summed E-state index contributed by atoms with van der Waals surface area (Å²) in [6.45, 7) is 9.75. The fraction of sp³-hybridized carbons (Fsp3) is 0.450. The van der Waals surface area contributed by atoms with Gasteiger partial charge in [-0.05, 0) is 19.4 Å². The molecule has 0 unspecified atom stereocenters. The van der Waals surface area contributed by atoms with Gasteiger partial charge in [0.05, 0.1) is 11.9 Å². The van der Waals surface area contributed by atoms with Gasteiger partial charge in [-0.2, -0.15) is 29.4 Å². The Morgan fingerprint density at radius 1 is 1.19 bits per heavy atom.